The zero-order valence-electron chi connectivity index (χ0n) is 31.1. The number of likely N-dealkylation sites (tertiary alicyclic amines) is 1. The fourth-order valence-corrected chi connectivity index (χ4v) is 8.91. The third kappa shape index (κ3) is 7.51. The normalized spacial score (nSPS) is 19.1. The summed E-state index contributed by atoms with van der Waals surface area (Å²) in [7, 11) is 0. The number of imidazole rings is 2. The molecule has 1 saturated carbocycles. The molecule has 8 nitrogen and oxygen atoms in total. The Labute approximate surface area is 324 Å². The van der Waals surface area contributed by atoms with Crippen LogP contribution in [0.3, 0.4) is 0 Å². The van der Waals surface area contributed by atoms with Crippen LogP contribution in [0.1, 0.15) is 96.8 Å². The minimum atomic E-state index is -4.39. The number of piperidine rings is 1. The summed E-state index contributed by atoms with van der Waals surface area (Å²) in [6.07, 6.45) is 9.20. The highest BCUT2D eigenvalue weighted by Crippen LogP contribution is 2.42. The van der Waals surface area contributed by atoms with E-state index in [1.165, 1.54) is 29.0 Å². The number of hydrogen-bond acceptors (Lipinski definition) is 5. The van der Waals surface area contributed by atoms with Gasteiger partial charge in [0.1, 0.15) is 11.6 Å². The van der Waals surface area contributed by atoms with Crippen molar-refractivity contribution in [2.24, 2.45) is 11.8 Å². The molecule has 0 spiro atoms. The molecular weight excluding hydrogens is 716 g/mol. The number of aromatic nitrogens is 4. The van der Waals surface area contributed by atoms with Gasteiger partial charge in [-0.3, -0.25) is 14.4 Å². The Hall–Kier alpha value is -5.58. The molecule has 3 aliphatic heterocycles. The molecule has 2 atom stereocenters. The van der Waals surface area contributed by atoms with E-state index < -0.39 is 11.7 Å². The average molecular weight is 760 g/mol. The van der Waals surface area contributed by atoms with Gasteiger partial charge in [0, 0.05) is 62.0 Å². The van der Waals surface area contributed by atoms with Crippen molar-refractivity contribution in [3.8, 4) is 11.4 Å². The number of carbonyl (C=O) groups is 3. The highest BCUT2D eigenvalue weighted by atomic mass is 19.4. The molecule has 4 aliphatic rings. The summed E-state index contributed by atoms with van der Waals surface area (Å²) in [6.45, 7) is 5.00. The van der Waals surface area contributed by atoms with Crippen molar-refractivity contribution in [3.63, 3.8) is 0 Å². The van der Waals surface area contributed by atoms with Crippen LogP contribution in [-0.2, 0) is 27.0 Å². The largest absolute Gasteiger partial charge is 0.416 e. The van der Waals surface area contributed by atoms with Crippen LogP contribution in [0.15, 0.2) is 110 Å². The van der Waals surface area contributed by atoms with Gasteiger partial charge in [-0.2, -0.15) is 13.2 Å². The molecule has 1 amide bonds. The maximum atomic E-state index is 13.2. The van der Waals surface area contributed by atoms with Gasteiger partial charge >= 0.3 is 6.18 Å². The Morgan fingerprint density at radius 1 is 0.679 bits per heavy atom. The topological polar surface area (TPSA) is 90.1 Å². The van der Waals surface area contributed by atoms with Gasteiger partial charge in [0.25, 0.3) is 0 Å². The van der Waals surface area contributed by atoms with E-state index in [0.29, 0.717) is 50.1 Å². The Kier molecular flexibility index (Phi) is 10.3. The van der Waals surface area contributed by atoms with Crippen molar-refractivity contribution in [1.29, 1.82) is 0 Å². The highest BCUT2D eigenvalue weighted by molar-refractivity contribution is 5.84. The SMILES string of the molecule is C=C1CCC(C(=O)CC2c3ccccc3-n3cncc32)CC1.O=C(CC1c2ccccc2-n2cncc21)C1CCN(C(=O)Cc2ccc(C(F)(F)F)cc2)CC1. The number of allylic oxidation sites excluding steroid dienone is 1. The van der Waals surface area contributed by atoms with Crippen LogP contribution in [0.5, 0.6) is 0 Å². The van der Waals surface area contributed by atoms with E-state index in [9.17, 15) is 27.6 Å². The third-order valence-corrected chi connectivity index (χ3v) is 12.1. The summed E-state index contributed by atoms with van der Waals surface area (Å²) in [6, 6.07) is 21.1. The number of hydrogen-bond donors (Lipinski definition) is 0. The second kappa shape index (κ2) is 15.5. The lowest BCUT2D eigenvalue weighted by molar-refractivity contribution is -0.137. The number of Topliss-reactive ketones (excluding diaryl/α,β-unsaturated/α-hetero) is 2. The molecule has 11 heteroatoms. The standard InChI is InChI=1S/C26H24F3N3O2.C19H20N2O/c27-26(28,29)19-7-5-17(6-8-19)13-25(34)31-11-9-18(10-12-31)24(33)14-21-20-3-1-2-4-22(20)32-16-30-15-23(21)32;1-13-6-8-14(9-7-13)19(22)10-16-15-4-2-3-5-17(15)21-12-20-11-18(16)21/h1-8,15-16,18,21H,9-14H2;2-5,11-12,14,16H,1,6-10H2. The molecule has 0 bridgehead atoms. The molecule has 3 aromatic carbocycles. The number of ketones is 2. The first-order chi connectivity index (χ1) is 27.0. The van der Waals surface area contributed by atoms with Crippen LogP contribution >= 0.6 is 0 Å². The Balaban J connectivity index is 0.000000172. The van der Waals surface area contributed by atoms with Crippen molar-refractivity contribution < 1.29 is 27.6 Å². The summed E-state index contributed by atoms with van der Waals surface area (Å²) in [5.74, 6) is 0.751. The summed E-state index contributed by atoms with van der Waals surface area (Å²) in [5, 5.41) is 0. The quantitative estimate of drug-likeness (QED) is 0.148. The molecule has 9 rings (SSSR count). The maximum absolute atomic E-state index is 13.2. The summed E-state index contributed by atoms with van der Waals surface area (Å²) in [5.41, 5.74) is 7.93. The fraction of sp³-hybridized carbons (Fsp3) is 0.356. The summed E-state index contributed by atoms with van der Waals surface area (Å²) >= 11 is 0. The molecule has 2 aromatic heterocycles. The van der Waals surface area contributed by atoms with Gasteiger partial charge in [0.05, 0.1) is 47.4 Å². The molecule has 1 aliphatic carbocycles. The van der Waals surface area contributed by atoms with Crippen molar-refractivity contribution in [2.75, 3.05) is 13.1 Å². The van der Waals surface area contributed by atoms with Crippen molar-refractivity contribution in [2.45, 2.75) is 75.8 Å². The van der Waals surface area contributed by atoms with Crippen LogP contribution in [0.2, 0.25) is 0 Å². The number of fused-ring (bicyclic) bond motifs is 6. The highest BCUT2D eigenvalue weighted by Gasteiger charge is 2.36. The number of rotatable bonds is 8. The number of para-hydroxylation sites is 2. The number of benzene rings is 3. The van der Waals surface area contributed by atoms with Gasteiger partial charge in [-0.25, -0.2) is 9.97 Å². The minimum Gasteiger partial charge on any atom is -0.342 e. The number of carbonyl (C=O) groups excluding carboxylic acids is 3. The fourth-order valence-electron chi connectivity index (χ4n) is 8.91. The van der Waals surface area contributed by atoms with Gasteiger partial charge in [-0.1, -0.05) is 60.7 Å². The second-order valence-electron chi connectivity index (χ2n) is 15.5. The molecule has 5 aromatic rings. The lowest BCUT2D eigenvalue weighted by atomic mass is 9.80. The number of alkyl halides is 3. The van der Waals surface area contributed by atoms with E-state index in [1.807, 2.05) is 47.6 Å². The molecule has 56 heavy (non-hydrogen) atoms. The van der Waals surface area contributed by atoms with E-state index in [2.05, 4.69) is 45.4 Å². The minimum absolute atomic E-state index is 0.00877. The van der Waals surface area contributed by atoms with Crippen molar-refractivity contribution in [3.05, 3.63) is 144 Å². The average Bonchev–Trinajstić information content (AvgIpc) is 4.00. The number of amides is 1. The Morgan fingerprint density at radius 2 is 1.16 bits per heavy atom. The molecule has 1 saturated heterocycles. The van der Waals surface area contributed by atoms with Crippen LogP contribution in [0.4, 0.5) is 13.2 Å². The smallest absolute Gasteiger partial charge is 0.342 e. The maximum Gasteiger partial charge on any atom is 0.416 e. The first kappa shape index (κ1) is 37.3. The Bertz CT molecular complexity index is 2250. The number of halogens is 3. The summed E-state index contributed by atoms with van der Waals surface area (Å²) in [4.78, 5) is 48.8. The molecule has 288 valence electrons. The molecule has 0 N–H and O–H groups in total. The van der Waals surface area contributed by atoms with Gasteiger partial charge in [0.2, 0.25) is 5.91 Å². The zero-order chi connectivity index (χ0) is 39.0. The molecule has 0 radical (unpaired) electrons. The van der Waals surface area contributed by atoms with Crippen LogP contribution < -0.4 is 0 Å². The van der Waals surface area contributed by atoms with Crippen molar-refractivity contribution in [1.82, 2.24) is 24.0 Å². The first-order valence-electron chi connectivity index (χ1n) is 19.4. The zero-order valence-corrected chi connectivity index (χ0v) is 31.1. The van der Waals surface area contributed by atoms with Gasteiger partial charge < -0.3 is 14.0 Å². The van der Waals surface area contributed by atoms with E-state index in [0.717, 1.165) is 60.5 Å². The lowest BCUT2D eigenvalue weighted by Crippen LogP contribution is -2.41. The molecular formula is C45H44F3N5O3. The second-order valence-corrected chi connectivity index (χ2v) is 15.5. The molecule has 2 fully saturated rings. The number of nitrogens with zero attached hydrogens (tertiary/aromatic N) is 5. The lowest BCUT2D eigenvalue weighted by Gasteiger charge is -2.32. The van der Waals surface area contributed by atoms with E-state index >= 15 is 0 Å². The van der Waals surface area contributed by atoms with Gasteiger partial charge in [0.15, 0.2) is 0 Å². The monoisotopic (exact) mass is 759 g/mol. The van der Waals surface area contributed by atoms with Crippen LogP contribution in [0.25, 0.3) is 11.4 Å². The Morgan fingerprint density at radius 3 is 1.66 bits per heavy atom. The first-order valence-corrected chi connectivity index (χ1v) is 19.4. The van der Waals surface area contributed by atoms with E-state index in [1.54, 1.807) is 11.2 Å². The predicted octanol–water partition coefficient (Wildman–Crippen LogP) is 8.80. The van der Waals surface area contributed by atoms with Crippen LogP contribution in [0, 0.1) is 11.8 Å². The predicted molar refractivity (Wildman–Crippen MR) is 206 cm³/mol. The van der Waals surface area contributed by atoms with Crippen LogP contribution in [-0.4, -0.2) is 54.6 Å². The molecule has 2 unspecified atom stereocenters. The van der Waals surface area contributed by atoms with Gasteiger partial charge in [-0.05, 0) is 79.5 Å². The third-order valence-electron chi connectivity index (χ3n) is 12.1. The van der Waals surface area contributed by atoms with Gasteiger partial charge in [-0.15, -0.1) is 0 Å². The summed E-state index contributed by atoms with van der Waals surface area (Å²) < 4.78 is 42.3. The van der Waals surface area contributed by atoms with E-state index in [-0.39, 0.29) is 41.8 Å². The van der Waals surface area contributed by atoms with Crippen molar-refractivity contribution >= 4 is 17.5 Å². The molecule has 5 heterocycles. The van der Waals surface area contributed by atoms with E-state index in [4.69, 9.17) is 0 Å².